The Morgan fingerprint density at radius 1 is 1.30 bits per heavy atom. The highest BCUT2D eigenvalue weighted by atomic mass is 35.5. The highest BCUT2D eigenvalue weighted by Crippen LogP contribution is 2.35. The molecule has 0 unspecified atom stereocenters. The van der Waals surface area contributed by atoms with Gasteiger partial charge in [-0.3, -0.25) is 9.78 Å². The lowest BCUT2D eigenvalue weighted by Crippen LogP contribution is -1.89. The first kappa shape index (κ1) is 14.2. The Morgan fingerprint density at radius 2 is 2.17 bits per heavy atom. The zero-order chi connectivity index (χ0) is 16.0. The molecule has 4 aromatic rings. The van der Waals surface area contributed by atoms with Crippen LogP contribution in [0.2, 0.25) is 0 Å². The number of aryl methyl sites for hydroxylation is 1. The second-order valence-electron chi connectivity index (χ2n) is 5.01. The quantitative estimate of drug-likeness (QED) is 0.459. The third-order valence-corrected chi connectivity index (χ3v) is 4.68. The minimum Gasteiger partial charge on any atom is -0.460 e. The van der Waals surface area contributed by atoms with Crippen molar-refractivity contribution < 1.29 is 13.9 Å². The Balaban J connectivity index is 1.78. The summed E-state index contributed by atoms with van der Waals surface area (Å²) in [6, 6.07) is 9.10. The van der Waals surface area contributed by atoms with Gasteiger partial charge in [-0.05, 0) is 42.1 Å². The van der Waals surface area contributed by atoms with E-state index in [0.717, 1.165) is 16.0 Å². The van der Waals surface area contributed by atoms with Gasteiger partial charge in [-0.2, -0.15) is 0 Å². The average Bonchev–Trinajstić information content (AvgIpc) is 3.10. The number of halogens is 1. The number of carbonyl (C=O) groups is 1. The summed E-state index contributed by atoms with van der Waals surface area (Å²) < 4.78 is 12.6. The second-order valence-corrected chi connectivity index (χ2v) is 6.27. The number of ether oxygens (including phenoxy) is 1. The normalized spacial score (nSPS) is 11.2. The molecule has 1 aromatic carbocycles. The van der Waals surface area contributed by atoms with E-state index in [4.69, 9.17) is 20.8 Å². The first-order valence-electron chi connectivity index (χ1n) is 6.86. The monoisotopic (exact) mass is 343 g/mol. The molecular weight excluding hydrogens is 334 g/mol. The summed E-state index contributed by atoms with van der Waals surface area (Å²) in [7, 11) is 0. The van der Waals surface area contributed by atoms with Crippen molar-refractivity contribution in [1.82, 2.24) is 4.98 Å². The molecule has 3 aromatic heterocycles. The zero-order valence-electron chi connectivity index (χ0n) is 12.0. The number of thiophene rings is 1. The molecule has 0 aliphatic heterocycles. The maximum Gasteiger partial charge on any atom is 0.256 e. The van der Waals surface area contributed by atoms with Gasteiger partial charge in [-0.15, -0.1) is 11.3 Å². The van der Waals surface area contributed by atoms with Crippen LogP contribution in [0.3, 0.4) is 0 Å². The van der Waals surface area contributed by atoms with Gasteiger partial charge in [0.1, 0.15) is 22.8 Å². The predicted molar refractivity (Wildman–Crippen MR) is 90.8 cm³/mol. The van der Waals surface area contributed by atoms with Gasteiger partial charge in [0.2, 0.25) is 0 Å². The number of carbonyl (C=O) groups excluding carboxylic acids is 1. The summed E-state index contributed by atoms with van der Waals surface area (Å²) in [6.45, 7) is 1.72. The topological polar surface area (TPSA) is 52.3 Å². The molecule has 6 heteroatoms. The Hall–Kier alpha value is -2.37. The van der Waals surface area contributed by atoms with Crippen molar-refractivity contribution in [2.45, 2.75) is 6.92 Å². The van der Waals surface area contributed by atoms with E-state index >= 15 is 0 Å². The van der Waals surface area contributed by atoms with Crippen molar-refractivity contribution in [3.8, 4) is 11.5 Å². The highest BCUT2D eigenvalue weighted by molar-refractivity contribution is 7.17. The molecule has 3 heterocycles. The fraction of sp³-hybridized carbons (Fsp3) is 0.0588. The minimum absolute atomic E-state index is 0.401. The number of benzene rings is 1. The lowest BCUT2D eigenvalue weighted by molar-refractivity contribution is 0.108. The van der Waals surface area contributed by atoms with Crippen LogP contribution in [-0.4, -0.2) is 10.2 Å². The number of pyridine rings is 1. The van der Waals surface area contributed by atoms with E-state index < -0.39 is 5.24 Å². The summed E-state index contributed by atoms with van der Waals surface area (Å²) in [4.78, 5) is 15.8. The number of furan rings is 1. The van der Waals surface area contributed by atoms with Crippen LogP contribution in [0.5, 0.6) is 11.5 Å². The fourth-order valence-corrected chi connectivity index (χ4v) is 3.60. The summed E-state index contributed by atoms with van der Waals surface area (Å²) in [6.07, 6.45) is 1.71. The molecule has 114 valence electrons. The van der Waals surface area contributed by atoms with Crippen molar-refractivity contribution in [2.24, 2.45) is 0 Å². The van der Waals surface area contributed by atoms with Crippen molar-refractivity contribution in [3.63, 3.8) is 0 Å². The van der Waals surface area contributed by atoms with Crippen molar-refractivity contribution >= 4 is 49.4 Å². The molecule has 0 saturated carbocycles. The van der Waals surface area contributed by atoms with Gasteiger partial charge in [0.15, 0.2) is 0 Å². The molecule has 0 N–H and O–H groups in total. The Kier molecular flexibility index (Phi) is 3.32. The van der Waals surface area contributed by atoms with E-state index in [1.54, 1.807) is 42.7 Å². The highest BCUT2D eigenvalue weighted by Gasteiger charge is 2.17. The van der Waals surface area contributed by atoms with Crippen LogP contribution < -0.4 is 4.74 Å². The van der Waals surface area contributed by atoms with Crippen molar-refractivity contribution in [1.29, 1.82) is 0 Å². The molecule has 0 fully saturated rings. The third-order valence-electron chi connectivity index (χ3n) is 3.57. The van der Waals surface area contributed by atoms with Crippen molar-refractivity contribution in [2.75, 3.05) is 0 Å². The molecule has 23 heavy (non-hydrogen) atoms. The molecule has 0 aliphatic carbocycles. The summed E-state index contributed by atoms with van der Waals surface area (Å²) in [5, 5.41) is 2.14. The lowest BCUT2D eigenvalue weighted by atomic mass is 10.1. The number of aromatic nitrogens is 1. The number of nitrogens with zero attached hydrogens (tertiary/aromatic N) is 1. The molecule has 0 aliphatic rings. The first-order valence-corrected chi connectivity index (χ1v) is 8.12. The smallest absolute Gasteiger partial charge is 0.256 e. The molecule has 0 spiro atoms. The molecule has 0 bridgehead atoms. The van der Waals surface area contributed by atoms with Crippen LogP contribution in [0.1, 0.15) is 16.1 Å². The lowest BCUT2D eigenvalue weighted by Gasteiger charge is -2.06. The van der Waals surface area contributed by atoms with Crippen LogP contribution in [0.25, 0.3) is 21.2 Å². The molecule has 0 radical (unpaired) electrons. The van der Waals surface area contributed by atoms with Crippen LogP contribution >= 0.6 is 22.9 Å². The van der Waals surface area contributed by atoms with Gasteiger partial charge in [0.25, 0.3) is 5.24 Å². The fourth-order valence-electron chi connectivity index (χ4n) is 2.56. The maximum atomic E-state index is 11.5. The average molecular weight is 344 g/mol. The number of fused-ring (bicyclic) bond motifs is 2. The largest absolute Gasteiger partial charge is 0.460 e. The molecule has 0 amide bonds. The molecule has 0 atom stereocenters. The van der Waals surface area contributed by atoms with Gasteiger partial charge in [-0.25, -0.2) is 0 Å². The number of hydrogen-bond acceptors (Lipinski definition) is 5. The van der Waals surface area contributed by atoms with E-state index in [0.29, 0.717) is 28.0 Å². The summed E-state index contributed by atoms with van der Waals surface area (Å²) in [5.74, 6) is 1.86. The van der Waals surface area contributed by atoms with Gasteiger partial charge < -0.3 is 9.15 Å². The maximum absolute atomic E-state index is 11.5. The first-order chi connectivity index (χ1) is 11.1. The van der Waals surface area contributed by atoms with E-state index in [1.807, 2.05) is 17.5 Å². The van der Waals surface area contributed by atoms with Gasteiger partial charge in [0.05, 0.1) is 15.8 Å². The predicted octanol–water partition coefficient (Wildman–Crippen LogP) is 5.52. The molecular formula is C17H10ClNO3S. The zero-order valence-corrected chi connectivity index (χ0v) is 13.6. The Bertz CT molecular complexity index is 1050. The molecule has 4 rings (SSSR count). The van der Waals surface area contributed by atoms with E-state index in [9.17, 15) is 4.79 Å². The second kappa shape index (κ2) is 5.37. The van der Waals surface area contributed by atoms with Crippen molar-refractivity contribution in [3.05, 3.63) is 53.2 Å². The number of rotatable bonds is 3. The van der Waals surface area contributed by atoms with E-state index in [-0.39, 0.29) is 0 Å². The minimum atomic E-state index is -0.524. The number of hydrogen-bond donors (Lipinski definition) is 0. The Morgan fingerprint density at radius 3 is 3.00 bits per heavy atom. The van der Waals surface area contributed by atoms with Crippen LogP contribution in [0.4, 0.5) is 0 Å². The van der Waals surface area contributed by atoms with E-state index in [1.165, 1.54) is 0 Å². The SMILES string of the molecule is Cc1oc2cc(Oc3ccnc4ccsc34)ccc2c1C(=O)Cl. The molecule has 4 nitrogen and oxygen atoms in total. The van der Waals surface area contributed by atoms with Crippen LogP contribution in [-0.2, 0) is 0 Å². The van der Waals surface area contributed by atoms with Gasteiger partial charge in [-0.1, -0.05) is 0 Å². The summed E-state index contributed by atoms with van der Waals surface area (Å²) >= 11 is 7.19. The van der Waals surface area contributed by atoms with Crippen LogP contribution in [0.15, 0.2) is 46.3 Å². The standard InChI is InChI=1S/C17H10ClNO3S/c1-9-15(17(18)20)11-3-2-10(8-14(11)21-9)22-13-4-6-19-12-5-7-23-16(12)13/h2-8H,1H3. The summed E-state index contributed by atoms with van der Waals surface area (Å²) in [5.41, 5.74) is 1.87. The van der Waals surface area contributed by atoms with E-state index in [2.05, 4.69) is 4.98 Å². The van der Waals surface area contributed by atoms with Gasteiger partial charge in [0, 0.05) is 23.7 Å². The van der Waals surface area contributed by atoms with Gasteiger partial charge >= 0.3 is 0 Å². The Labute approximate surface area is 140 Å². The third kappa shape index (κ3) is 2.38. The molecule has 0 saturated heterocycles. The van der Waals surface area contributed by atoms with Crippen LogP contribution in [0, 0.1) is 6.92 Å².